The summed E-state index contributed by atoms with van der Waals surface area (Å²) in [5, 5.41) is 18.6. The van der Waals surface area contributed by atoms with Crippen molar-refractivity contribution in [1.82, 2.24) is 9.55 Å². The second-order valence-electron chi connectivity index (χ2n) is 3.82. The van der Waals surface area contributed by atoms with E-state index in [1.54, 1.807) is 0 Å². The highest BCUT2D eigenvalue weighted by Crippen LogP contribution is 2.27. The minimum atomic E-state index is -2.67. The molecule has 94 valence electrons. The van der Waals surface area contributed by atoms with Crippen molar-refractivity contribution in [2.75, 3.05) is 6.61 Å². The maximum absolute atomic E-state index is 11.7. The van der Waals surface area contributed by atoms with Crippen LogP contribution in [0.4, 0.5) is 0 Å². The first-order valence-corrected chi connectivity index (χ1v) is 5.04. The van der Waals surface area contributed by atoms with Gasteiger partial charge in [-0.15, -0.1) is 0 Å². The van der Waals surface area contributed by atoms with E-state index in [1.807, 2.05) is 4.98 Å². The highest BCUT2D eigenvalue weighted by Gasteiger charge is 2.34. The van der Waals surface area contributed by atoms with Crippen LogP contribution in [0.5, 0.6) is 0 Å². The quantitative estimate of drug-likeness (QED) is 0.587. The normalized spacial score (nSPS) is 31.9. The number of rotatable bonds is 2. The second-order valence-corrected chi connectivity index (χ2v) is 3.82. The molecule has 17 heavy (non-hydrogen) atoms. The Kier molecular flexibility index (Phi) is 2.25. The number of aliphatic hydroxyl groups is 2. The lowest BCUT2D eigenvalue weighted by Crippen LogP contribution is -2.33. The maximum atomic E-state index is 11.7. The molecule has 1 aromatic heterocycles. The van der Waals surface area contributed by atoms with Crippen molar-refractivity contribution in [2.45, 2.75) is 31.7 Å². The molecule has 0 saturated carbocycles. The summed E-state index contributed by atoms with van der Waals surface area (Å²) < 4.78 is 27.9. The lowest BCUT2D eigenvalue weighted by Gasteiger charge is -2.14. The Morgan fingerprint density at radius 3 is 3.06 bits per heavy atom. The molecule has 2 rings (SSSR count). The average molecular weight is 245 g/mol. The molecule has 3 N–H and O–H groups in total. The van der Waals surface area contributed by atoms with Gasteiger partial charge in [-0.2, -0.15) is 0 Å². The van der Waals surface area contributed by atoms with E-state index >= 15 is 0 Å². The predicted molar refractivity (Wildman–Crippen MR) is 57.7 cm³/mol. The standard InChI is InChI=1S/C10H14N2O5/c1-5-3-12(10(16)11-9(5)15)8-2-6(14)7(4-13)17-8/h3,6-8,13-14H,2,4H2,1H3,(H,11,15,16)/i1D3. The Hall–Kier alpha value is -1.44. The van der Waals surface area contributed by atoms with Crippen molar-refractivity contribution in [1.29, 1.82) is 0 Å². The van der Waals surface area contributed by atoms with Gasteiger partial charge < -0.3 is 14.9 Å². The summed E-state index contributed by atoms with van der Waals surface area (Å²) in [4.78, 5) is 25.1. The molecule has 1 aliphatic rings. The van der Waals surface area contributed by atoms with Crippen LogP contribution in [0, 0.1) is 6.85 Å². The van der Waals surface area contributed by atoms with Crippen LogP contribution in [0.15, 0.2) is 15.8 Å². The van der Waals surface area contributed by atoms with Crippen molar-refractivity contribution < 1.29 is 19.1 Å². The van der Waals surface area contributed by atoms with E-state index in [1.165, 1.54) is 0 Å². The smallest absolute Gasteiger partial charge is 0.330 e. The fourth-order valence-corrected chi connectivity index (χ4v) is 1.75. The molecule has 0 aromatic carbocycles. The van der Waals surface area contributed by atoms with Gasteiger partial charge in [0, 0.05) is 22.3 Å². The number of aryl methyl sites for hydroxylation is 1. The first-order valence-electron chi connectivity index (χ1n) is 6.54. The van der Waals surface area contributed by atoms with Crippen LogP contribution in [0.3, 0.4) is 0 Å². The van der Waals surface area contributed by atoms with E-state index in [0.717, 1.165) is 10.8 Å². The monoisotopic (exact) mass is 245 g/mol. The topological polar surface area (TPSA) is 105 Å². The van der Waals surface area contributed by atoms with Gasteiger partial charge >= 0.3 is 5.69 Å². The fraction of sp³-hybridized carbons (Fsp3) is 0.600. The minimum absolute atomic E-state index is 0.0115. The van der Waals surface area contributed by atoms with Gasteiger partial charge in [0.25, 0.3) is 5.56 Å². The van der Waals surface area contributed by atoms with Crippen LogP contribution in [0.1, 0.15) is 22.3 Å². The SMILES string of the molecule is [2H]C([2H])([2H])c1cn(C2CC(O)C(CO)O2)c(=O)[nH]c1=O. The van der Waals surface area contributed by atoms with Crippen molar-refractivity contribution in [3.8, 4) is 0 Å². The van der Waals surface area contributed by atoms with Gasteiger partial charge in [-0.3, -0.25) is 14.3 Å². The van der Waals surface area contributed by atoms with Crippen LogP contribution in [0.25, 0.3) is 0 Å². The second kappa shape index (κ2) is 4.44. The van der Waals surface area contributed by atoms with Gasteiger partial charge in [0.1, 0.15) is 12.3 Å². The third-order valence-corrected chi connectivity index (χ3v) is 2.66. The molecular weight excluding hydrogens is 228 g/mol. The lowest BCUT2D eigenvalue weighted by molar-refractivity contribution is -0.0459. The zero-order chi connectivity index (χ0) is 15.1. The molecule has 3 atom stereocenters. The van der Waals surface area contributed by atoms with Crippen LogP contribution >= 0.6 is 0 Å². The molecule has 3 unspecified atom stereocenters. The van der Waals surface area contributed by atoms with Gasteiger partial charge in [-0.25, -0.2) is 4.79 Å². The highest BCUT2D eigenvalue weighted by atomic mass is 16.5. The Labute approximate surface area is 101 Å². The van der Waals surface area contributed by atoms with E-state index in [4.69, 9.17) is 14.0 Å². The zero-order valence-electron chi connectivity index (χ0n) is 11.8. The number of hydrogen-bond donors (Lipinski definition) is 3. The molecular formula is C10H14N2O5. The van der Waals surface area contributed by atoms with E-state index in [9.17, 15) is 14.7 Å². The molecule has 0 amide bonds. The van der Waals surface area contributed by atoms with E-state index in [2.05, 4.69) is 0 Å². The fourth-order valence-electron chi connectivity index (χ4n) is 1.75. The Bertz CT molecular complexity index is 608. The lowest BCUT2D eigenvalue weighted by atomic mass is 10.2. The first kappa shape index (κ1) is 8.62. The first-order chi connectivity index (χ1) is 9.24. The minimum Gasteiger partial charge on any atom is -0.394 e. The Morgan fingerprint density at radius 1 is 1.71 bits per heavy atom. The number of ether oxygens (including phenoxy) is 1. The summed E-state index contributed by atoms with van der Waals surface area (Å²) in [6, 6.07) is 0. The van der Waals surface area contributed by atoms with Gasteiger partial charge in [-0.05, 0) is 6.85 Å². The summed E-state index contributed by atoms with van der Waals surface area (Å²) in [5.41, 5.74) is -2.36. The third kappa shape index (κ3) is 2.17. The van der Waals surface area contributed by atoms with Crippen molar-refractivity contribution in [2.24, 2.45) is 0 Å². The highest BCUT2D eigenvalue weighted by molar-refractivity contribution is 5.02. The molecule has 7 heteroatoms. The van der Waals surface area contributed by atoms with Gasteiger partial charge in [-0.1, -0.05) is 0 Å². The van der Waals surface area contributed by atoms with Crippen LogP contribution in [-0.4, -0.2) is 38.6 Å². The van der Waals surface area contributed by atoms with Gasteiger partial charge in [0.15, 0.2) is 0 Å². The van der Waals surface area contributed by atoms with E-state index in [-0.39, 0.29) is 6.42 Å². The molecule has 1 fully saturated rings. The zero-order valence-corrected chi connectivity index (χ0v) is 8.79. The summed E-state index contributed by atoms with van der Waals surface area (Å²) in [6.45, 7) is -3.10. The van der Waals surface area contributed by atoms with Crippen LogP contribution in [0.2, 0.25) is 0 Å². The average Bonchev–Trinajstić information content (AvgIpc) is 2.68. The predicted octanol–water partition coefficient (Wildman–Crippen LogP) is -1.51. The number of aromatic amines is 1. The largest absolute Gasteiger partial charge is 0.394 e. The molecule has 2 heterocycles. The number of aromatic nitrogens is 2. The maximum Gasteiger partial charge on any atom is 0.330 e. The molecule has 0 radical (unpaired) electrons. The summed E-state index contributed by atoms with van der Waals surface area (Å²) in [5.74, 6) is 0. The number of hydrogen-bond acceptors (Lipinski definition) is 5. The number of nitrogens with zero attached hydrogens (tertiary/aromatic N) is 1. The molecule has 1 aliphatic heterocycles. The van der Waals surface area contributed by atoms with Gasteiger partial charge in [0.2, 0.25) is 0 Å². The van der Waals surface area contributed by atoms with Crippen molar-refractivity contribution >= 4 is 0 Å². The molecule has 1 saturated heterocycles. The molecule has 0 bridgehead atoms. The van der Waals surface area contributed by atoms with E-state index < -0.39 is 48.7 Å². The van der Waals surface area contributed by atoms with E-state index in [0.29, 0.717) is 0 Å². The number of H-pyrrole nitrogens is 1. The number of nitrogens with one attached hydrogen (secondary N) is 1. The molecule has 1 aromatic rings. The third-order valence-electron chi connectivity index (χ3n) is 2.66. The molecule has 0 aliphatic carbocycles. The Morgan fingerprint density at radius 2 is 2.47 bits per heavy atom. The number of aliphatic hydroxyl groups excluding tert-OH is 2. The summed E-state index contributed by atoms with van der Waals surface area (Å²) in [7, 11) is 0. The Balaban J connectivity index is 2.43. The van der Waals surface area contributed by atoms with Gasteiger partial charge in [0.05, 0.1) is 12.7 Å². The van der Waals surface area contributed by atoms with Crippen molar-refractivity contribution in [3.05, 3.63) is 32.6 Å². The summed E-state index contributed by atoms with van der Waals surface area (Å²) >= 11 is 0. The molecule has 0 spiro atoms. The molecule has 7 nitrogen and oxygen atoms in total. The van der Waals surface area contributed by atoms with Crippen LogP contribution in [-0.2, 0) is 4.74 Å². The summed E-state index contributed by atoms with van der Waals surface area (Å²) in [6.07, 6.45) is -1.84. The van der Waals surface area contributed by atoms with Crippen LogP contribution < -0.4 is 11.2 Å². The van der Waals surface area contributed by atoms with Crippen molar-refractivity contribution in [3.63, 3.8) is 0 Å².